The fourth-order valence-corrected chi connectivity index (χ4v) is 2.01. The molecule has 0 amide bonds. The van der Waals surface area contributed by atoms with Crippen molar-refractivity contribution in [3.05, 3.63) is 58.1 Å². The molecule has 2 aromatic carbocycles. The van der Waals surface area contributed by atoms with Crippen molar-refractivity contribution in [2.24, 2.45) is 10.9 Å². The number of hydrogen-bond donors (Lipinski definition) is 2. The zero-order valence-electron chi connectivity index (χ0n) is 11.2. The Morgan fingerprint density at radius 2 is 1.95 bits per heavy atom. The van der Waals surface area contributed by atoms with Crippen LogP contribution in [0.15, 0.2) is 41.6 Å². The number of rotatable bonds is 3. The fourth-order valence-electron chi connectivity index (χ4n) is 1.86. The summed E-state index contributed by atoms with van der Waals surface area (Å²) in [6, 6.07) is 10.9. The largest absolute Gasteiger partial charge is 0.456 e. The van der Waals surface area contributed by atoms with Gasteiger partial charge in [0.15, 0.2) is 5.84 Å². The molecule has 0 aliphatic heterocycles. The van der Waals surface area contributed by atoms with E-state index in [0.29, 0.717) is 22.1 Å². The monoisotopic (exact) mass is 290 g/mol. The Morgan fingerprint density at radius 1 is 1.20 bits per heavy atom. The number of nitrogens with zero attached hydrogens (tertiary/aromatic N) is 1. The third-order valence-corrected chi connectivity index (χ3v) is 3.21. The van der Waals surface area contributed by atoms with Gasteiger partial charge in [0, 0.05) is 5.56 Å². The van der Waals surface area contributed by atoms with Crippen molar-refractivity contribution in [2.75, 3.05) is 0 Å². The van der Waals surface area contributed by atoms with E-state index >= 15 is 0 Å². The molecule has 0 fully saturated rings. The van der Waals surface area contributed by atoms with E-state index in [4.69, 9.17) is 27.3 Å². The van der Waals surface area contributed by atoms with Gasteiger partial charge in [-0.2, -0.15) is 0 Å². The first-order valence-electron chi connectivity index (χ1n) is 6.04. The van der Waals surface area contributed by atoms with E-state index in [-0.39, 0.29) is 5.84 Å². The van der Waals surface area contributed by atoms with Gasteiger partial charge in [-0.15, -0.1) is 0 Å². The van der Waals surface area contributed by atoms with Crippen LogP contribution in [0.1, 0.15) is 16.7 Å². The first kappa shape index (κ1) is 14.2. The van der Waals surface area contributed by atoms with Crippen molar-refractivity contribution in [2.45, 2.75) is 13.8 Å². The number of ether oxygens (including phenoxy) is 1. The lowest BCUT2D eigenvalue weighted by Gasteiger charge is -2.11. The molecule has 0 saturated carbocycles. The molecule has 0 aromatic heterocycles. The van der Waals surface area contributed by atoms with Crippen molar-refractivity contribution in [3.8, 4) is 11.5 Å². The van der Waals surface area contributed by atoms with Crippen molar-refractivity contribution in [1.29, 1.82) is 0 Å². The molecular weight excluding hydrogens is 276 g/mol. The molecule has 4 nitrogen and oxygen atoms in total. The highest BCUT2D eigenvalue weighted by atomic mass is 35.5. The van der Waals surface area contributed by atoms with E-state index in [2.05, 4.69) is 5.16 Å². The van der Waals surface area contributed by atoms with E-state index in [1.54, 1.807) is 18.2 Å². The number of amidine groups is 1. The molecule has 2 rings (SSSR count). The second kappa shape index (κ2) is 5.84. The lowest BCUT2D eigenvalue weighted by molar-refractivity contribution is 0.318. The SMILES string of the molecule is Cc1ccc(Cl)c(Oc2ccc(/C(N)=N/O)c(C)c2)c1. The maximum atomic E-state index is 8.70. The highest BCUT2D eigenvalue weighted by molar-refractivity contribution is 6.32. The van der Waals surface area contributed by atoms with Gasteiger partial charge in [-0.3, -0.25) is 0 Å². The Morgan fingerprint density at radius 3 is 2.60 bits per heavy atom. The molecule has 0 aliphatic carbocycles. The summed E-state index contributed by atoms with van der Waals surface area (Å²) in [6.45, 7) is 3.83. The van der Waals surface area contributed by atoms with E-state index in [0.717, 1.165) is 11.1 Å². The van der Waals surface area contributed by atoms with Crippen molar-refractivity contribution >= 4 is 17.4 Å². The molecule has 3 N–H and O–H groups in total. The van der Waals surface area contributed by atoms with Gasteiger partial charge in [0.2, 0.25) is 0 Å². The number of halogens is 1. The van der Waals surface area contributed by atoms with Gasteiger partial charge in [-0.1, -0.05) is 22.8 Å². The van der Waals surface area contributed by atoms with Crippen molar-refractivity contribution in [1.82, 2.24) is 0 Å². The first-order valence-corrected chi connectivity index (χ1v) is 6.41. The predicted molar refractivity (Wildman–Crippen MR) is 80.0 cm³/mol. The molecule has 0 heterocycles. The topological polar surface area (TPSA) is 67.8 Å². The average Bonchev–Trinajstić information content (AvgIpc) is 2.42. The normalized spacial score (nSPS) is 11.4. The van der Waals surface area contributed by atoms with Gasteiger partial charge in [-0.25, -0.2) is 0 Å². The summed E-state index contributed by atoms with van der Waals surface area (Å²) in [4.78, 5) is 0. The quantitative estimate of drug-likeness (QED) is 0.390. The van der Waals surface area contributed by atoms with Gasteiger partial charge < -0.3 is 15.7 Å². The second-order valence-corrected chi connectivity index (χ2v) is 4.91. The van der Waals surface area contributed by atoms with Crippen molar-refractivity contribution in [3.63, 3.8) is 0 Å². The van der Waals surface area contributed by atoms with Crippen LogP contribution >= 0.6 is 11.6 Å². The van der Waals surface area contributed by atoms with Crippen LogP contribution < -0.4 is 10.5 Å². The highest BCUT2D eigenvalue weighted by Gasteiger charge is 2.08. The Labute approximate surface area is 122 Å². The van der Waals surface area contributed by atoms with Crippen LogP contribution in [0.3, 0.4) is 0 Å². The minimum atomic E-state index is 0.0719. The number of benzene rings is 2. The van der Waals surface area contributed by atoms with Crippen LogP contribution in [0.4, 0.5) is 0 Å². The number of hydrogen-bond acceptors (Lipinski definition) is 3. The van der Waals surface area contributed by atoms with Crippen molar-refractivity contribution < 1.29 is 9.94 Å². The molecule has 20 heavy (non-hydrogen) atoms. The zero-order chi connectivity index (χ0) is 14.7. The third-order valence-electron chi connectivity index (χ3n) is 2.90. The van der Waals surface area contributed by atoms with Crippen LogP contribution in [-0.4, -0.2) is 11.0 Å². The van der Waals surface area contributed by atoms with Crippen LogP contribution in [0.25, 0.3) is 0 Å². The van der Waals surface area contributed by atoms with E-state index in [9.17, 15) is 0 Å². The lowest BCUT2D eigenvalue weighted by atomic mass is 10.1. The van der Waals surface area contributed by atoms with Crippen LogP contribution in [0, 0.1) is 13.8 Å². The van der Waals surface area contributed by atoms with E-state index in [1.807, 2.05) is 32.0 Å². The zero-order valence-corrected chi connectivity index (χ0v) is 12.0. The molecule has 0 saturated heterocycles. The highest BCUT2D eigenvalue weighted by Crippen LogP contribution is 2.31. The van der Waals surface area contributed by atoms with Gasteiger partial charge in [-0.05, 0) is 55.3 Å². The van der Waals surface area contributed by atoms with Crippen LogP contribution in [-0.2, 0) is 0 Å². The standard InChI is InChI=1S/C15H15ClN2O2/c1-9-3-6-13(16)14(7-9)20-11-4-5-12(10(2)8-11)15(17)18-19/h3-8,19H,1-2H3,(H2,17,18). The molecule has 0 atom stereocenters. The summed E-state index contributed by atoms with van der Waals surface area (Å²) >= 11 is 6.09. The maximum Gasteiger partial charge on any atom is 0.170 e. The molecule has 0 spiro atoms. The minimum Gasteiger partial charge on any atom is -0.456 e. The molecule has 104 valence electrons. The number of nitrogens with two attached hydrogens (primary N) is 1. The molecule has 0 aliphatic rings. The minimum absolute atomic E-state index is 0.0719. The van der Waals surface area contributed by atoms with E-state index < -0.39 is 0 Å². The maximum absolute atomic E-state index is 8.70. The summed E-state index contributed by atoms with van der Waals surface area (Å²) < 4.78 is 5.76. The van der Waals surface area contributed by atoms with Gasteiger partial charge in [0.1, 0.15) is 11.5 Å². The summed E-state index contributed by atoms with van der Waals surface area (Å²) in [6.07, 6.45) is 0. The predicted octanol–water partition coefficient (Wildman–Crippen LogP) is 3.84. The summed E-state index contributed by atoms with van der Waals surface area (Å²) in [5, 5.41) is 12.2. The van der Waals surface area contributed by atoms with Crippen LogP contribution in [0.5, 0.6) is 11.5 Å². The van der Waals surface area contributed by atoms with Gasteiger partial charge in [0.05, 0.1) is 5.02 Å². The summed E-state index contributed by atoms with van der Waals surface area (Å²) in [5.41, 5.74) is 8.15. The number of oxime groups is 1. The lowest BCUT2D eigenvalue weighted by Crippen LogP contribution is -2.14. The number of aryl methyl sites for hydroxylation is 2. The van der Waals surface area contributed by atoms with Gasteiger partial charge >= 0.3 is 0 Å². The molecule has 0 radical (unpaired) electrons. The van der Waals surface area contributed by atoms with Crippen LogP contribution in [0.2, 0.25) is 5.02 Å². The average molecular weight is 291 g/mol. The Bertz CT molecular complexity index is 669. The van der Waals surface area contributed by atoms with Gasteiger partial charge in [0.25, 0.3) is 0 Å². The summed E-state index contributed by atoms with van der Waals surface area (Å²) in [7, 11) is 0. The summed E-state index contributed by atoms with van der Waals surface area (Å²) in [5.74, 6) is 1.31. The smallest absolute Gasteiger partial charge is 0.170 e. The Balaban J connectivity index is 2.31. The first-order chi connectivity index (χ1) is 9.51. The molecule has 0 bridgehead atoms. The second-order valence-electron chi connectivity index (χ2n) is 4.50. The molecule has 5 heteroatoms. The Hall–Kier alpha value is -2.20. The molecule has 0 unspecified atom stereocenters. The molecular formula is C15H15ClN2O2. The fraction of sp³-hybridized carbons (Fsp3) is 0.133. The van der Waals surface area contributed by atoms with E-state index in [1.165, 1.54) is 0 Å². The molecule has 2 aromatic rings. The third kappa shape index (κ3) is 3.03. The Kier molecular flexibility index (Phi) is 4.15.